The van der Waals surface area contributed by atoms with Crippen LogP contribution in [0.4, 0.5) is 0 Å². The van der Waals surface area contributed by atoms with Crippen molar-refractivity contribution in [1.29, 1.82) is 0 Å². The Morgan fingerprint density at radius 1 is 1.13 bits per heavy atom. The summed E-state index contributed by atoms with van der Waals surface area (Å²) in [5, 5.41) is 8.05. The maximum Gasteiger partial charge on any atom is 0.238 e. The molecule has 0 heterocycles. The number of hydrogen-bond acceptors (Lipinski definition) is 6. The van der Waals surface area contributed by atoms with E-state index < -0.39 is 10.0 Å². The average molecular weight is 448 g/mol. The summed E-state index contributed by atoms with van der Waals surface area (Å²) in [6.45, 7) is 1.41. The number of nitrogens with one attached hydrogen (secondary N) is 1. The van der Waals surface area contributed by atoms with Crippen molar-refractivity contribution in [1.82, 2.24) is 10.2 Å². The molecule has 0 saturated heterocycles. The molecule has 0 atom stereocenters. The lowest BCUT2D eigenvalue weighted by atomic mass is 10.1. The lowest BCUT2D eigenvalue weighted by molar-refractivity contribution is -0.122. The van der Waals surface area contributed by atoms with Gasteiger partial charge in [-0.25, -0.2) is 13.6 Å². The third-order valence-electron chi connectivity index (χ3n) is 5.27. The van der Waals surface area contributed by atoms with E-state index in [-0.39, 0.29) is 10.8 Å². The largest absolute Gasteiger partial charge is 0.497 e. The Kier molecular flexibility index (Phi) is 7.53. The Morgan fingerprint density at radius 3 is 2.42 bits per heavy atom. The van der Waals surface area contributed by atoms with Crippen LogP contribution in [-0.2, 0) is 27.8 Å². The highest BCUT2D eigenvalue weighted by atomic mass is 32.2. The lowest BCUT2D eigenvalue weighted by Gasteiger charge is -2.23. The van der Waals surface area contributed by atoms with Crippen molar-refractivity contribution in [2.45, 2.75) is 36.7 Å². The number of rotatable bonds is 11. The van der Waals surface area contributed by atoms with E-state index in [0.29, 0.717) is 32.1 Å². The maximum absolute atomic E-state index is 12.5. The van der Waals surface area contributed by atoms with Gasteiger partial charge in [0.1, 0.15) is 11.5 Å². The Morgan fingerprint density at radius 2 is 1.84 bits per heavy atom. The summed E-state index contributed by atoms with van der Waals surface area (Å²) in [5.74, 6) is 1.43. The smallest absolute Gasteiger partial charge is 0.238 e. The van der Waals surface area contributed by atoms with Gasteiger partial charge in [-0.15, -0.1) is 0 Å². The molecular formula is C22H29N3O5S. The van der Waals surface area contributed by atoms with E-state index in [1.807, 2.05) is 18.2 Å². The van der Waals surface area contributed by atoms with Crippen molar-refractivity contribution < 1.29 is 22.7 Å². The van der Waals surface area contributed by atoms with Gasteiger partial charge in [-0.3, -0.25) is 9.69 Å². The summed E-state index contributed by atoms with van der Waals surface area (Å²) in [6, 6.07) is 12.5. The maximum atomic E-state index is 12.5. The second kappa shape index (κ2) is 10.1. The number of carbonyl (C=O) groups excluding carboxylic acids is 1. The van der Waals surface area contributed by atoms with E-state index in [1.54, 1.807) is 26.4 Å². The van der Waals surface area contributed by atoms with E-state index in [4.69, 9.17) is 14.6 Å². The second-order valence-electron chi connectivity index (χ2n) is 7.60. The summed E-state index contributed by atoms with van der Waals surface area (Å²) in [6.07, 6.45) is 2.77. The number of benzene rings is 2. The zero-order valence-electron chi connectivity index (χ0n) is 17.8. The minimum atomic E-state index is -3.70. The summed E-state index contributed by atoms with van der Waals surface area (Å²) in [5.41, 5.74) is 1.94. The van der Waals surface area contributed by atoms with E-state index in [0.717, 1.165) is 35.5 Å². The first-order valence-electron chi connectivity index (χ1n) is 10.1. The predicted molar refractivity (Wildman–Crippen MR) is 118 cm³/mol. The Bertz CT molecular complexity index is 1000. The molecule has 0 unspecified atom stereocenters. The van der Waals surface area contributed by atoms with Gasteiger partial charge in [-0.05, 0) is 43.0 Å². The lowest BCUT2D eigenvalue weighted by Crippen LogP contribution is -2.38. The van der Waals surface area contributed by atoms with Crippen LogP contribution in [0.25, 0.3) is 0 Å². The molecule has 0 aromatic heterocycles. The molecule has 1 aliphatic carbocycles. The zero-order valence-corrected chi connectivity index (χ0v) is 18.7. The number of amides is 1. The number of sulfonamides is 1. The van der Waals surface area contributed by atoms with Crippen LogP contribution < -0.4 is 19.9 Å². The Balaban J connectivity index is 1.52. The van der Waals surface area contributed by atoms with Gasteiger partial charge in [-0.1, -0.05) is 18.2 Å². The van der Waals surface area contributed by atoms with Crippen LogP contribution in [-0.4, -0.2) is 52.6 Å². The summed E-state index contributed by atoms with van der Waals surface area (Å²) in [4.78, 5) is 14.8. The van der Waals surface area contributed by atoms with Gasteiger partial charge in [0.2, 0.25) is 15.9 Å². The number of carbonyl (C=O) groups is 1. The molecule has 3 rings (SSSR count). The van der Waals surface area contributed by atoms with Gasteiger partial charge in [0.25, 0.3) is 0 Å². The molecule has 168 valence electrons. The number of primary sulfonamides is 1. The summed E-state index contributed by atoms with van der Waals surface area (Å²) in [7, 11) is -0.454. The molecule has 31 heavy (non-hydrogen) atoms. The van der Waals surface area contributed by atoms with Gasteiger partial charge < -0.3 is 14.8 Å². The summed E-state index contributed by atoms with van der Waals surface area (Å²) < 4.78 is 33.4. The van der Waals surface area contributed by atoms with Gasteiger partial charge in [0.15, 0.2) is 0 Å². The molecular weight excluding hydrogens is 418 g/mol. The first-order valence-corrected chi connectivity index (χ1v) is 11.7. The fourth-order valence-corrected chi connectivity index (χ4v) is 3.90. The highest BCUT2D eigenvalue weighted by Gasteiger charge is 2.30. The van der Waals surface area contributed by atoms with E-state index in [9.17, 15) is 13.2 Å². The zero-order chi connectivity index (χ0) is 22.4. The topological polar surface area (TPSA) is 111 Å². The number of nitrogens with zero attached hydrogens (tertiary/aromatic N) is 1. The van der Waals surface area contributed by atoms with Crippen molar-refractivity contribution in [2.75, 3.05) is 27.3 Å². The third kappa shape index (κ3) is 6.68. The van der Waals surface area contributed by atoms with Crippen molar-refractivity contribution in [3.63, 3.8) is 0 Å². The normalized spacial score (nSPS) is 13.8. The van der Waals surface area contributed by atoms with Gasteiger partial charge >= 0.3 is 0 Å². The molecule has 0 aliphatic heterocycles. The van der Waals surface area contributed by atoms with Crippen LogP contribution in [0, 0.1) is 0 Å². The quantitative estimate of drug-likeness (QED) is 0.542. The van der Waals surface area contributed by atoms with E-state index in [2.05, 4.69) is 10.2 Å². The molecule has 0 bridgehead atoms. The SMILES string of the molecule is COc1ccc(CN(CC(=O)NCCc2ccc(S(N)(=O)=O)cc2)C2CC2)c(OC)c1. The molecule has 2 aromatic carbocycles. The molecule has 1 saturated carbocycles. The third-order valence-corrected chi connectivity index (χ3v) is 6.19. The van der Waals surface area contributed by atoms with Crippen molar-refractivity contribution >= 4 is 15.9 Å². The Hall–Kier alpha value is -2.62. The fourth-order valence-electron chi connectivity index (χ4n) is 3.39. The van der Waals surface area contributed by atoms with Gasteiger partial charge in [0.05, 0.1) is 25.7 Å². The second-order valence-corrected chi connectivity index (χ2v) is 9.16. The highest BCUT2D eigenvalue weighted by Crippen LogP contribution is 2.31. The molecule has 1 aliphatic rings. The van der Waals surface area contributed by atoms with Crippen LogP contribution in [0.3, 0.4) is 0 Å². The number of ether oxygens (including phenoxy) is 2. The average Bonchev–Trinajstić information content (AvgIpc) is 3.58. The molecule has 1 amide bonds. The molecule has 2 aromatic rings. The minimum Gasteiger partial charge on any atom is -0.497 e. The van der Waals surface area contributed by atoms with Crippen molar-refractivity contribution in [3.05, 3.63) is 53.6 Å². The number of nitrogens with two attached hydrogens (primary N) is 1. The number of methoxy groups -OCH3 is 2. The van der Waals surface area contributed by atoms with Crippen molar-refractivity contribution in [2.24, 2.45) is 5.14 Å². The molecule has 0 radical (unpaired) electrons. The van der Waals surface area contributed by atoms with E-state index >= 15 is 0 Å². The Labute approximate surface area is 183 Å². The van der Waals surface area contributed by atoms with Crippen LogP contribution in [0.5, 0.6) is 11.5 Å². The van der Waals surface area contributed by atoms with Crippen LogP contribution in [0.2, 0.25) is 0 Å². The fraction of sp³-hybridized carbons (Fsp3) is 0.409. The monoisotopic (exact) mass is 447 g/mol. The van der Waals surface area contributed by atoms with Gasteiger partial charge in [-0.2, -0.15) is 0 Å². The van der Waals surface area contributed by atoms with Crippen LogP contribution in [0.15, 0.2) is 47.4 Å². The first kappa shape index (κ1) is 23.1. The molecule has 1 fully saturated rings. The minimum absolute atomic E-state index is 0.0412. The predicted octanol–water partition coefficient (Wildman–Crippen LogP) is 1.67. The van der Waals surface area contributed by atoms with E-state index in [1.165, 1.54) is 12.1 Å². The summed E-state index contributed by atoms with van der Waals surface area (Å²) >= 11 is 0. The molecule has 8 nitrogen and oxygen atoms in total. The highest BCUT2D eigenvalue weighted by molar-refractivity contribution is 7.89. The van der Waals surface area contributed by atoms with Crippen molar-refractivity contribution in [3.8, 4) is 11.5 Å². The molecule has 9 heteroatoms. The van der Waals surface area contributed by atoms with Crippen LogP contribution in [0.1, 0.15) is 24.0 Å². The molecule has 0 spiro atoms. The van der Waals surface area contributed by atoms with Crippen LogP contribution >= 0.6 is 0 Å². The van der Waals surface area contributed by atoms with Gasteiger partial charge in [0, 0.05) is 30.8 Å². The standard InChI is InChI=1S/C22H29N3O5S/c1-29-19-8-5-17(21(13-19)30-2)14-25(18-6-7-18)15-22(26)24-12-11-16-3-9-20(10-4-16)31(23,27)28/h3-5,8-10,13,18H,6-7,11-12,14-15H2,1-2H3,(H,24,26)(H2,23,27,28). The first-order chi connectivity index (χ1) is 14.8. The molecule has 3 N–H and O–H groups in total. The number of hydrogen-bond donors (Lipinski definition) is 2.